The van der Waals surface area contributed by atoms with E-state index in [0.717, 1.165) is 11.2 Å². The minimum absolute atomic E-state index is 1.03. The van der Waals surface area contributed by atoms with Crippen molar-refractivity contribution < 1.29 is 0 Å². The molecule has 5 aromatic carbocycles. The van der Waals surface area contributed by atoms with Gasteiger partial charge in [0.2, 0.25) is 0 Å². The number of nitrogens with zero attached hydrogens (tertiary/aromatic N) is 2. The first-order valence-corrected chi connectivity index (χ1v) is 12.3. The first kappa shape index (κ1) is 18.2. The van der Waals surface area contributed by atoms with Crippen LogP contribution in [-0.4, -0.2) is 9.38 Å². The summed E-state index contributed by atoms with van der Waals surface area (Å²) in [6.45, 7) is 0. The van der Waals surface area contributed by atoms with E-state index >= 15 is 0 Å². The molecule has 0 atom stereocenters. The number of fused-ring (bicyclic) bond motifs is 11. The van der Waals surface area contributed by atoms with E-state index in [4.69, 9.17) is 4.98 Å². The third-order valence-corrected chi connectivity index (χ3v) is 8.14. The molecule has 0 bridgehead atoms. The lowest BCUT2D eigenvalue weighted by Crippen LogP contribution is -1.88. The van der Waals surface area contributed by atoms with Gasteiger partial charge in [0.15, 0.2) is 5.65 Å². The van der Waals surface area contributed by atoms with E-state index in [9.17, 15) is 0 Å². The van der Waals surface area contributed by atoms with Crippen LogP contribution in [0.5, 0.6) is 0 Å². The van der Waals surface area contributed by atoms with Crippen molar-refractivity contribution in [3.63, 3.8) is 0 Å². The second kappa shape index (κ2) is 6.66. The molecule has 3 heteroatoms. The van der Waals surface area contributed by atoms with Gasteiger partial charge in [-0.2, -0.15) is 0 Å². The first-order chi connectivity index (χ1) is 16.9. The van der Waals surface area contributed by atoms with Crippen LogP contribution < -0.4 is 0 Å². The molecule has 3 aromatic heterocycles. The van der Waals surface area contributed by atoms with Gasteiger partial charge in [-0.25, -0.2) is 4.98 Å². The fraction of sp³-hybridized carbons (Fsp3) is 0. The first-order valence-electron chi connectivity index (χ1n) is 11.5. The number of pyridine rings is 1. The Bertz CT molecular complexity index is 2060. The molecule has 0 aliphatic heterocycles. The molecule has 0 radical (unpaired) electrons. The Kier molecular flexibility index (Phi) is 3.57. The Hall–Kier alpha value is -4.21. The summed E-state index contributed by atoms with van der Waals surface area (Å²) >= 11 is 1.84. The lowest BCUT2D eigenvalue weighted by Gasteiger charge is -2.08. The molecule has 8 rings (SSSR count). The normalized spacial score (nSPS) is 12.1. The maximum Gasteiger partial charge on any atom is 0.156 e. The molecule has 34 heavy (non-hydrogen) atoms. The van der Waals surface area contributed by atoms with Crippen LogP contribution in [0.2, 0.25) is 0 Å². The zero-order valence-electron chi connectivity index (χ0n) is 18.2. The van der Waals surface area contributed by atoms with Crippen molar-refractivity contribution in [2.45, 2.75) is 0 Å². The van der Waals surface area contributed by atoms with Crippen LogP contribution in [0, 0.1) is 0 Å². The second-order valence-corrected chi connectivity index (χ2v) is 9.89. The Morgan fingerprint density at radius 2 is 1.41 bits per heavy atom. The predicted octanol–water partition coefficient (Wildman–Crippen LogP) is 8.83. The van der Waals surface area contributed by atoms with Gasteiger partial charge >= 0.3 is 0 Å². The minimum Gasteiger partial charge on any atom is -0.298 e. The van der Waals surface area contributed by atoms with E-state index in [0.29, 0.717) is 0 Å². The Labute approximate surface area is 199 Å². The highest BCUT2D eigenvalue weighted by Crippen LogP contribution is 2.42. The van der Waals surface area contributed by atoms with Crippen LogP contribution in [0.15, 0.2) is 109 Å². The molecule has 158 valence electrons. The largest absolute Gasteiger partial charge is 0.298 e. The van der Waals surface area contributed by atoms with Gasteiger partial charge < -0.3 is 0 Å². The molecular formula is C31H18N2S. The number of benzene rings is 5. The average molecular weight is 451 g/mol. The van der Waals surface area contributed by atoms with Crippen LogP contribution >= 0.6 is 11.3 Å². The van der Waals surface area contributed by atoms with Gasteiger partial charge in [-0.1, -0.05) is 84.9 Å². The van der Waals surface area contributed by atoms with Crippen LogP contribution in [0.25, 0.3) is 69.5 Å². The molecule has 0 amide bonds. The fourth-order valence-electron chi connectivity index (χ4n) is 5.45. The van der Waals surface area contributed by atoms with Crippen molar-refractivity contribution in [3.8, 4) is 11.1 Å². The molecule has 2 nitrogen and oxygen atoms in total. The molecular weight excluding hydrogens is 432 g/mol. The number of aromatic nitrogens is 2. The van der Waals surface area contributed by atoms with Crippen molar-refractivity contribution in [2.75, 3.05) is 0 Å². The summed E-state index contributed by atoms with van der Waals surface area (Å²) in [5.41, 5.74) is 5.69. The predicted molar refractivity (Wildman–Crippen MR) is 146 cm³/mol. The van der Waals surface area contributed by atoms with E-state index in [-0.39, 0.29) is 0 Å². The van der Waals surface area contributed by atoms with Crippen LogP contribution in [0.1, 0.15) is 0 Å². The van der Waals surface area contributed by atoms with E-state index in [1.165, 1.54) is 58.4 Å². The lowest BCUT2D eigenvalue weighted by molar-refractivity contribution is 1.25. The molecule has 3 heterocycles. The van der Waals surface area contributed by atoms with Gasteiger partial charge in [0.1, 0.15) is 0 Å². The molecule has 0 fully saturated rings. The van der Waals surface area contributed by atoms with E-state index < -0.39 is 0 Å². The number of thiophene rings is 1. The number of hydrogen-bond donors (Lipinski definition) is 0. The van der Waals surface area contributed by atoms with Gasteiger partial charge in [0.25, 0.3) is 0 Å². The standard InChI is InChI=1S/C31H18N2S/c1-2-8-19(9-3-1)25-18-21-11-5-7-13-23(21)28-29(25)33-17-16-24-27-22-12-6-4-10-20(22)14-15-26(27)34-30(24)31(33)32-28/h1-18H. The summed E-state index contributed by atoms with van der Waals surface area (Å²) in [5.74, 6) is 0. The van der Waals surface area contributed by atoms with Crippen LogP contribution in [0.4, 0.5) is 0 Å². The summed E-state index contributed by atoms with van der Waals surface area (Å²) < 4.78 is 4.85. The third-order valence-electron chi connectivity index (χ3n) is 6.98. The number of rotatable bonds is 1. The highest BCUT2D eigenvalue weighted by Gasteiger charge is 2.18. The summed E-state index contributed by atoms with van der Waals surface area (Å²) in [7, 11) is 0. The van der Waals surface area contributed by atoms with Crippen molar-refractivity contribution in [3.05, 3.63) is 109 Å². The van der Waals surface area contributed by atoms with Gasteiger partial charge in [-0.15, -0.1) is 11.3 Å². The SMILES string of the molecule is c1ccc(-c2cc3ccccc3c3nc4c5sc6ccc7ccccc7c6c5ccn4c23)cc1. The van der Waals surface area contributed by atoms with Gasteiger partial charge in [-0.3, -0.25) is 4.40 Å². The molecule has 0 aliphatic carbocycles. The highest BCUT2D eigenvalue weighted by atomic mass is 32.1. The Morgan fingerprint density at radius 3 is 2.29 bits per heavy atom. The maximum absolute atomic E-state index is 5.31. The molecule has 0 saturated heterocycles. The average Bonchev–Trinajstić information content (AvgIpc) is 3.48. The number of hydrogen-bond acceptors (Lipinski definition) is 2. The molecule has 8 aromatic rings. The minimum atomic E-state index is 1.03. The molecule has 0 aliphatic rings. The van der Waals surface area contributed by atoms with E-state index in [1.807, 2.05) is 11.3 Å². The van der Waals surface area contributed by atoms with Gasteiger partial charge in [-0.05, 0) is 39.9 Å². The summed E-state index contributed by atoms with van der Waals surface area (Å²) in [4.78, 5) is 5.31. The summed E-state index contributed by atoms with van der Waals surface area (Å²) in [6.07, 6.45) is 2.21. The van der Waals surface area contributed by atoms with Gasteiger partial charge in [0.05, 0.1) is 15.7 Å². The van der Waals surface area contributed by atoms with Crippen molar-refractivity contribution >= 4 is 69.7 Å². The van der Waals surface area contributed by atoms with E-state index in [2.05, 4.69) is 114 Å². The zero-order valence-corrected chi connectivity index (χ0v) is 19.0. The van der Waals surface area contributed by atoms with Crippen LogP contribution in [0.3, 0.4) is 0 Å². The highest BCUT2D eigenvalue weighted by molar-refractivity contribution is 7.26. The summed E-state index contributed by atoms with van der Waals surface area (Å²) in [5, 5.41) is 7.62. The molecule has 0 saturated carbocycles. The van der Waals surface area contributed by atoms with Crippen LogP contribution in [-0.2, 0) is 0 Å². The topological polar surface area (TPSA) is 17.3 Å². The quantitative estimate of drug-likeness (QED) is 0.244. The van der Waals surface area contributed by atoms with Gasteiger partial charge in [0, 0.05) is 32.6 Å². The summed E-state index contributed by atoms with van der Waals surface area (Å²) in [6, 6.07) is 37.0. The Morgan fingerprint density at radius 1 is 0.647 bits per heavy atom. The monoisotopic (exact) mass is 450 g/mol. The van der Waals surface area contributed by atoms with Crippen molar-refractivity contribution in [2.24, 2.45) is 0 Å². The lowest BCUT2D eigenvalue weighted by atomic mass is 9.99. The smallest absolute Gasteiger partial charge is 0.156 e. The Balaban J connectivity index is 1.59. The second-order valence-electron chi connectivity index (χ2n) is 8.83. The van der Waals surface area contributed by atoms with Crippen molar-refractivity contribution in [1.82, 2.24) is 9.38 Å². The number of imidazole rings is 1. The maximum atomic E-state index is 5.31. The third kappa shape index (κ3) is 2.37. The fourth-order valence-corrected chi connectivity index (χ4v) is 6.64. The van der Waals surface area contributed by atoms with Crippen molar-refractivity contribution in [1.29, 1.82) is 0 Å². The zero-order chi connectivity index (χ0) is 22.2. The molecule has 0 N–H and O–H groups in total. The molecule has 0 unspecified atom stereocenters. The molecule has 0 spiro atoms. The van der Waals surface area contributed by atoms with E-state index in [1.54, 1.807) is 0 Å².